The fourth-order valence-corrected chi connectivity index (χ4v) is 4.56. The van der Waals surface area contributed by atoms with Gasteiger partial charge in [0, 0.05) is 25.0 Å². The van der Waals surface area contributed by atoms with E-state index in [1.807, 2.05) is 0 Å². The fraction of sp³-hybridized carbons (Fsp3) is 0.944. The van der Waals surface area contributed by atoms with Crippen molar-refractivity contribution in [1.29, 1.82) is 0 Å². The van der Waals surface area contributed by atoms with Crippen molar-refractivity contribution in [2.75, 3.05) is 32.8 Å². The third-order valence-electron chi connectivity index (χ3n) is 5.97. The highest BCUT2D eigenvalue weighted by Gasteiger charge is 2.38. The lowest BCUT2D eigenvalue weighted by Gasteiger charge is -2.39. The molecule has 0 radical (unpaired) electrons. The standard InChI is InChI=1S/C18H32N2O3/c21-17-8-4-7-15(17)16-13-23-10-9-20(16)12-18(22)19-11-14-5-2-1-3-6-14/h14-17,21H,1-13H2,(H,19,22). The SMILES string of the molecule is O=C(CN1CCOCC1C1CCCC1O)NCC1CCCCC1. The van der Waals surface area contributed by atoms with E-state index in [0.29, 0.717) is 25.7 Å². The molecule has 1 heterocycles. The van der Waals surface area contributed by atoms with Crippen molar-refractivity contribution in [2.45, 2.75) is 63.5 Å². The molecule has 0 spiro atoms. The zero-order valence-electron chi connectivity index (χ0n) is 14.2. The Labute approximate surface area is 139 Å². The van der Waals surface area contributed by atoms with Gasteiger partial charge in [0.15, 0.2) is 0 Å². The van der Waals surface area contributed by atoms with Crippen LogP contribution in [0, 0.1) is 11.8 Å². The second kappa shape index (κ2) is 8.45. The van der Waals surface area contributed by atoms with Crippen LogP contribution in [0.4, 0.5) is 0 Å². The number of carbonyl (C=O) groups excluding carboxylic acids is 1. The van der Waals surface area contributed by atoms with Crippen LogP contribution in [0.2, 0.25) is 0 Å². The van der Waals surface area contributed by atoms with Crippen molar-refractivity contribution < 1.29 is 14.6 Å². The van der Waals surface area contributed by atoms with Crippen molar-refractivity contribution in [3.05, 3.63) is 0 Å². The van der Waals surface area contributed by atoms with Gasteiger partial charge in [-0.3, -0.25) is 9.69 Å². The van der Waals surface area contributed by atoms with E-state index in [0.717, 1.165) is 32.4 Å². The maximum absolute atomic E-state index is 12.3. The summed E-state index contributed by atoms with van der Waals surface area (Å²) in [6.07, 6.45) is 9.29. The number of rotatable bonds is 5. The Bertz CT molecular complexity index is 384. The Kier molecular flexibility index (Phi) is 6.31. The lowest BCUT2D eigenvalue weighted by atomic mass is 9.89. The summed E-state index contributed by atoms with van der Waals surface area (Å²) in [7, 11) is 0. The van der Waals surface area contributed by atoms with E-state index >= 15 is 0 Å². The first-order chi connectivity index (χ1) is 11.2. The lowest BCUT2D eigenvalue weighted by molar-refractivity contribution is -0.126. The van der Waals surface area contributed by atoms with Crippen molar-refractivity contribution in [2.24, 2.45) is 11.8 Å². The third kappa shape index (κ3) is 4.68. The lowest BCUT2D eigenvalue weighted by Crippen LogP contribution is -2.54. The van der Waals surface area contributed by atoms with Crippen LogP contribution in [0.15, 0.2) is 0 Å². The van der Waals surface area contributed by atoms with Gasteiger partial charge in [0.25, 0.3) is 0 Å². The average Bonchev–Trinajstić information content (AvgIpc) is 3.00. The van der Waals surface area contributed by atoms with Gasteiger partial charge in [0.1, 0.15) is 0 Å². The number of morpholine rings is 1. The van der Waals surface area contributed by atoms with Crippen LogP contribution in [0.1, 0.15) is 51.4 Å². The first-order valence-corrected chi connectivity index (χ1v) is 9.50. The number of aliphatic hydroxyl groups excluding tert-OH is 1. The van der Waals surface area contributed by atoms with Crippen LogP contribution in [0.3, 0.4) is 0 Å². The molecule has 1 saturated heterocycles. The summed E-state index contributed by atoms with van der Waals surface area (Å²) in [6, 6.07) is 0.196. The van der Waals surface area contributed by atoms with E-state index in [1.54, 1.807) is 0 Å². The van der Waals surface area contributed by atoms with Gasteiger partial charge in [-0.15, -0.1) is 0 Å². The molecule has 23 heavy (non-hydrogen) atoms. The van der Waals surface area contributed by atoms with E-state index in [-0.39, 0.29) is 24.0 Å². The molecule has 5 heteroatoms. The molecule has 3 fully saturated rings. The molecule has 1 aliphatic heterocycles. The summed E-state index contributed by atoms with van der Waals surface area (Å²) >= 11 is 0. The molecule has 2 N–H and O–H groups in total. The average molecular weight is 324 g/mol. The minimum Gasteiger partial charge on any atom is -0.393 e. The number of aliphatic hydroxyl groups is 1. The Morgan fingerprint density at radius 2 is 1.96 bits per heavy atom. The number of hydrogen-bond acceptors (Lipinski definition) is 4. The van der Waals surface area contributed by atoms with Crippen LogP contribution in [0.25, 0.3) is 0 Å². The zero-order valence-corrected chi connectivity index (χ0v) is 14.2. The van der Waals surface area contributed by atoms with Crippen LogP contribution >= 0.6 is 0 Å². The minimum absolute atomic E-state index is 0.134. The number of hydrogen-bond donors (Lipinski definition) is 2. The van der Waals surface area contributed by atoms with E-state index in [4.69, 9.17) is 4.74 Å². The number of ether oxygens (including phenoxy) is 1. The zero-order chi connectivity index (χ0) is 16.1. The van der Waals surface area contributed by atoms with Gasteiger partial charge in [-0.1, -0.05) is 25.7 Å². The Morgan fingerprint density at radius 3 is 2.70 bits per heavy atom. The first kappa shape index (κ1) is 17.2. The molecule has 3 rings (SSSR count). The van der Waals surface area contributed by atoms with Crippen LogP contribution < -0.4 is 5.32 Å². The molecule has 0 bridgehead atoms. The molecule has 3 aliphatic rings. The molecule has 1 amide bonds. The normalized spacial score (nSPS) is 33.7. The molecule has 3 atom stereocenters. The van der Waals surface area contributed by atoms with Gasteiger partial charge >= 0.3 is 0 Å². The van der Waals surface area contributed by atoms with Crippen molar-refractivity contribution in [3.8, 4) is 0 Å². The summed E-state index contributed by atoms with van der Waals surface area (Å²) < 4.78 is 5.63. The predicted molar refractivity (Wildman–Crippen MR) is 89.1 cm³/mol. The van der Waals surface area contributed by atoms with Crippen molar-refractivity contribution in [1.82, 2.24) is 10.2 Å². The molecule has 3 unspecified atom stereocenters. The van der Waals surface area contributed by atoms with Crippen LogP contribution in [-0.4, -0.2) is 60.9 Å². The van der Waals surface area contributed by atoms with E-state index < -0.39 is 0 Å². The molecule has 0 aromatic carbocycles. The monoisotopic (exact) mass is 324 g/mol. The van der Waals surface area contributed by atoms with Crippen LogP contribution in [0.5, 0.6) is 0 Å². The molecular weight excluding hydrogens is 292 g/mol. The first-order valence-electron chi connectivity index (χ1n) is 9.50. The second-order valence-electron chi connectivity index (χ2n) is 7.58. The largest absolute Gasteiger partial charge is 0.393 e. The quantitative estimate of drug-likeness (QED) is 0.805. The Morgan fingerprint density at radius 1 is 1.13 bits per heavy atom. The van der Waals surface area contributed by atoms with E-state index in [1.165, 1.54) is 32.1 Å². The highest BCUT2D eigenvalue weighted by molar-refractivity contribution is 5.78. The number of nitrogens with zero attached hydrogens (tertiary/aromatic N) is 1. The summed E-state index contributed by atoms with van der Waals surface area (Å²) in [6.45, 7) is 3.42. The van der Waals surface area contributed by atoms with Crippen LogP contribution in [-0.2, 0) is 9.53 Å². The molecular formula is C18H32N2O3. The molecule has 2 aliphatic carbocycles. The van der Waals surface area contributed by atoms with Gasteiger partial charge in [-0.05, 0) is 31.6 Å². The van der Waals surface area contributed by atoms with Gasteiger partial charge < -0.3 is 15.2 Å². The fourth-order valence-electron chi connectivity index (χ4n) is 4.56. The maximum Gasteiger partial charge on any atom is 0.234 e. The van der Waals surface area contributed by atoms with E-state index in [2.05, 4.69) is 10.2 Å². The van der Waals surface area contributed by atoms with E-state index in [9.17, 15) is 9.90 Å². The highest BCUT2D eigenvalue weighted by atomic mass is 16.5. The molecule has 5 nitrogen and oxygen atoms in total. The summed E-state index contributed by atoms with van der Waals surface area (Å²) in [5, 5.41) is 13.3. The topological polar surface area (TPSA) is 61.8 Å². The molecule has 132 valence electrons. The van der Waals surface area contributed by atoms with Gasteiger partial charge in [0.05, 0.1) is 25.9 Å². The number of nitrogens with one attached hydrogen (secondary N) is 1. The maximum atomic E-state index is 12.3. The summed E-state index contributed by atoms with van der Waals surface area (Å²) in [4.78, 5) is 14.6. The van der Waals surface area contributed by atoms with Gasteiger partial charge in [-0.2, -0.15) is 0 Å². The van der Waals surface area contributed by atoms with Crippen molar-refractivity contribution in [3.63, 3.8) is 0 Å². The van der Waals surface area contributed by atoms with Gasteiger partial charge in [-0.25, -0.2) is 0 Å². The summed E-state index contributed by atoms with van der Waals surface area (Å²) in [5.74, 6) is 1.07. The minimum atomic E-state index is -0.227. The van der Waals surface area contributed by atoms with Gasteiger partial charge in [0.2, 0.25) is 5.91 Å². The Balaban J connectivity index is 1.47. The molecule has 0 aromatic rings. The molecule has 0 aromatic heterocycles. The second-order valence-corrected chi connectivity index (χ2v) is 7.58. The smallest absolute Gasteiger partial charge is 0.234 e. The predicted octanol–water partition coefficient (Wildman–Crippen LogP) is 1.54. The highest BCUT2D eigenvalue weighted by Crippen LogP contribution is 2.32. The summed E-state index contributed by atoms with van der Waals surface area (Å²) in [5.41, 5.74) is 0. The molecule has 2 saturated carbocycles. The number of carbonyl (C=O) groups is 1. The van der Waals surface area contributed by atoms with Crippen molar-refractivity contribution >= 4 is 5.91 Å². The number of amides is 1. The third-order valence-corrected chi connectivity index (χ3v) is 5.97. The Hall–Kier alpha value is -0.650.